The maximum absolute atomic E-state index is 12.6. The highest BCUT2D eigenvalue weighted by atomic mass is 35.5. The highest BCUT2D eigenvalue weighted by Crippen LogP contribution is 2.28. The number of nitrogens with one attached hydrogen (secondary N) is 1. The third-order valence-electron chi connectivity index (χ3n) is 4.89. The van der Waals surface area contributed by atoms with Crippen LogP contribution in [-0.4, -0.2) is 25.0 Å². The Kier molecular flexibility index (Phi) is 5.47. The summed E-state index contributed by atoms with van der Waals surface area (Å²) in [6.07, 6.45) is 0. The second-order valence-corrected chi connectivity index (χ2v) is 8.70. The summed E-state index contributed by atoms with van der Waals surface area (Å²) in [4.78, 5) is 46.9. The Hall–Kier alpha value is -3.30. The maximum atomic E-state index is 12.6. The summed E-state index contributed by atoms with van der Waals surface area (Å²) in [5.74, 6) is -0.420. The van der Waals surface area contributed by atoms with Crippen molar-refractivity contribution in [3.63, 3.8) is 0 Å². The molecule has 0 radical (unpaired) electrons. The summed E-state index contributed by atoms with van der Waals surface area (Å²) in [6.45, 7) is 2.20. The fourth-order valence-corrected chi connectivity index (χ4v) is 4.25. The number of amides is 1. The lowest BCUT2D eigenvalue weighted by Gasteiger charge is -2.08. The molecule has 0 unspecified atom stereocenters. The smallest absolute Gasteiger partial charge is 0.332 e. The molecular weight excluding hydrogens is 438 g/mol. The number of hydrogen-bond acceptors (Lipinski definition) is 6. The predicted octanol–water partition coefficient (Wildman–Crippen LogP) is 2.65. The Morgan fingerprint density at radius 1 is 1.06 bits per heavy atom. The van der Waals surface area contributed by atoms with Crippen LogP contribution in [0.4, 0.5) is 0 Å². The quantitative estimate of drug-likeness (QED) is 0.510. The highest BCUT2D eigenvalue weighted by molar-refractivity contribution is 7.12. The summed E-state index contributed by atoms with van der Waals surface area (Å²) in [5, 5.41) is 4.47. The minimum Gasteiger partial charge on any atom is -0.344 e. The molecule has 0 atom stereocenters. The number of pyridine rings is 1. The van der Waals surface area contributed by atoms with Crippen LogP contribution in [0.1, 0.15) is 20.4 Å². The SMILES string of the molecule is Cc1sc(CNC(=O)c2ccc3c(=O)n(C)c(=O)n(C)c3n2)nc1-c1ccc(Cl)cc1. The predicted molar refractivity (Wildman–Crippen MR) is 121 cm³/mol. The van der Waals surface area contributed by atoms with Gasteiger partial charge in [-0.1, -0.05) is 23.7 Å². The fourth-order valence-electron chi connectivity index (χ4n) is 3.23. The van der Waals surface area contributed by atoms with Gasteiger partial charge in [-0.05, 0) is 31.2 Å². The molecule has 0 aliphatic carbocycles. The number of benzene rings is 1. The number of aryl methyl sites for hydroxylation is 2. The standard InChI is InChI=1S/C21H18ClN5O3S/c1-11-17(12-4-6-13(22)7-5-12)25-16(31-11)10-23-19(28)15-9-8-14-18(24-15)26(2)21(30)27(3)20(14)29/h4-9H,10H2,1-3H3,(H,23,28). The van der Waals surface area contributed by atoms with Crippen molar-refractivity contribution in [2.45, 2.75) is 13.5 Å². The van der Waals surface area contributed by atoms with Crippen molar-refractivity contribution in [2.75, 3.05) is 0 Å². The first-order valence-electron chi connectivity index (χ1n) is 9.33. The summed E-state index contributed by atoms with van der Waals surface area (Å²) < 4.78 is 2.25. The number of carbonyl (C=O) groups is 1. The number of carbonyl (C=O) groups excluding carboxylic acids is 1. The van der Waals surface area contributed by atoms with Crippen LogP contribution in [0.3, 0.4) is 0 Å². The zero-order valence-electron chi connectivity index (χ0n) is 17.0. The molecule has 4 aromatic rings. The average molecular weight is 456 g/mol. The van der Waals surface area contributed by atoms with Gasteiger partial charge < -0.3 is 5.32 Å². The molecule has 3 heterocycles. The Morgan fingerprint density at radius 3 is 2.48 bits per heavy atom. The van der Waals surface area contributed by atoms with Crippen LogP contribution < -0.4 is 16.6 Å². The molecule has 1 aromatic carbocycles. The van der Waals surface area contributed by atoms with E-state index < -0.39 is 17.2 Å². The maximum Gasteiger partial charge on any atom is 0.332 e. The first-order chi connectivity index (χ1) is 14.8. The summed E-state index contributed by atoms with van der Waals surface area (Å²) in [5.41, 5.74) is 1.12. The van der Waals surface area contributed by atoms with Crippen molar-refractivity contribution in [3.05, 3.63) is 77.8 Å². The van der Waals surface area contributed by atoms with E-state index >= 15 is 0 Å². The number of halogens is 1. The van der Waals surface area contributed by atoms with Crippen molar-refractivity contribution in [1.82, 2.24) is 24.4 Å². The summed E-state index contributed by atoms with van der Waals surface area (Å²) in [6, 6.07) is 10.4. The van der Waals surface area contributed by atoms with Crippen molar-refractivity contribution in [3.8, 4) is 11.3 Å². The van der Waals surface area contributed by atoms with E-state index in [1.54, 1.807) is 0 Å². The van der Waals surface area contributed by atoms with E-state index in [0.29, 0.717) is 5.02 Å². The van der Waals surface area contributed by atoms with E-state index in [1.807, 2.05) is 31.2 Å². The van der Waals surface area contributed by atoms with Crippen molar-refractivity contribution in [2.24, 2.45) is 14.1 Å². The lowest BCUT2D eigenvalue weighted by molar-refractivity contribution is 0.0946. The Balaban J connectivity index is 1.56. The van der Waals surface area contributed by atoms with Gasteiger partial charge in [-0.15, -0.1) is 11.3 Å². The van der Waals surface area contributed by atoms with Crippen LogP contribution in [0, 0.1) is 6.92 Å². The molecule has 31 heavy (non-hydrogen) atoms. The molecule has 0 saturated heterocycles. The van der Waals surface area contributed by atoms with E-state index in [0.717, 1.165) is 25.7 Å². The number of thiazole rings is 1. The van der Waals surface area contributed by atoms with Crippen LogP contribution in [0.5, 0.6) is 0 Å². The largest absolute Gasteiger partial charge is 0.344 e. The number of fused-ring (bicyclic) bond motifs is 1. The van der Waals surface area contributed by atoms with Crippen LogP contribution in [0.25, 0.3) is 22.3 Å². The number of aromatic nitrogens is 4. The fraction of sp³-hybridized carbons (Fsp3) is 0.190. The van der Waals surface area contributed by atoms with Gasteiger partial charge in [0.2, 0.25) is 0 Å². The molecule has 10 heteroatoms. The van der Waals surface area contributed by atoms with Gasteiger partial charge in [-0.2, -0.15) is 0 Å². The van der Waals surface area contributed by atoms with Gasteiger partial charge in [-0.3, -0.25) is 18.7 Å². The monoisotopic (exact) mass is 455 g/mol. The van der Waals surface area contributed by atoms with E-state index in [2.05, 4.69) is 15.3 Å². The van der Waals surface area contributed by atoms with Crippen molar-refractivity contribution in [1.29, 1.82) is 0 Å². The molecule has 4 rings (SSSR count). The zero-order chi connectivity index (χ0) is 22.3. The minimum absolute atomic E-state index is 0.113. The van der Waals surface area contributed by atoms with Crippen LogP contribution in [0.15, 0.2) is 46.0 Å². The average Bonchev–Trinajstić information content (AvgIpc) is 3.15. The molecule has 3 aromatic heterocycles. The minimum atomic E-state index is -0.504. The Morgan fingerprint density at radius 2 is 1.77 bits per heavy atom. The van der Waals surface area contributed by atoms with Crippen LogP contribution >= 0.6 is 22.9 Å². The lowest BCUT2D eigenvalue weighted by Crippen LogP contribution is -2.37. The first kappa shape index (κ1) is 21.0. The van der Waals surface area contributed by atoms with Crippen molar-refractivity contribution < 1.29 is 4.79 Å². The Labute approximate surface area is 185 Å². The van der Waals surface area contributed by atoms with E-state index in [9.17, 15) is 14.4 Å². The van der Waals surface area contributed by atoms with Gasteiger partial charge in [0, 0.05) is 29.6 Å². The molecule has 158 valence electrons. The molecule has 0 aliphatic rings. The normalized spacial score (nSPS) is 11.1. The van der Waals surface area contributed by atoms with Gasteiger partial charge in [0.05, 0.1) is 17.6 Å². The third kappa shape index (κ3) is 3.89. The molecule has 8 nitrogen and oxygen atoms in total. The molecule has 1 N–H and O–H groups in total. The molecule has 0 aliphatic heterocycles. The van der Waals surface area contributed by atoms with Crippen LogP contribution in [0.2, 0.25) is 5.02 Å². The van der Waals surface area contributed by atoms with E-state index in [-0.39, 0.29) is 23.3 Å². The van der Waals surface area contributed by atoms with E-state index in [1.165, 1.54) is 42.1 Å². The van der Waals surface area contributed by atoms with Crippen molar-refractivity contribution >= 4 is 39.9 Å². The van der Waals surface area contributed by atoms with Gasteiger partial charge in [0.1, 0.15) is 16.3 Å². The van der Waals surface area contributed by atoms with E-state index in [4.69, 9.17) is 11.6 Å². The molecule has 0 spiro atoms. The highest BCUT2D eigenvalue weighted by Gasteiger charge is 2.15. The molecular formula is C21H18ClN5O3S. The number of rotatable bonds is 4. The molecule has 0 fully saturated rings. The molecule has 0 saturated carbocycles. The first-order valence-corrected chi connectivity index (χ1v) is 10.5. The molecule has 0 bridgehead atoms. The van der Waals surface area contributed by atoms with Gasteiger partial charge in [0.15, 0.2) is 0 Å². The lowest BCUT2D eigenvalue weighted by atomic mass is 10.1. The summed E-state index contributed by atoms with van der Waals surface area (Å²) in [7, 11) is 2.91. The third-order valence-corrected chi connectivity index (χ3v) is 6.12. The van der Waals surface area contributed by atoms with Gasteiger partial charge in [-0.25, -0.2) is 14.8 Å². The topological polar surface area (TPSA) is 98.9 Å². The van der Waals surface area contributed by atoms with Gasteiger partial charge >= 0.3 is 5.69 Å². The second kappa shape index (κ2) is 8.09. The Bertz CT molecular complexity index is 1440. The number of hydrogen-bond donors (Lipinski definition) is 1. The van der Waals surface area contributed by atoms with Gasteiger partial charge in [0.25, 0.3) is 11.5 Å². The molecule has 1 amide bonds. The zero-order valence-corrected chi connectivity index (χ0v) is 18.5. The summed E-state index contributed by atoms with van der Waals surface area (Å²) >= 11 is 7.44. The second-order valence-electron chi connectivity index (χ2n) is 6.98. The number of nitrogens with zero attached hydrogens (tertiary/aromatic N) is 4. The van der Waals surface area contributed by atoms with Crippen LogP contribution in [-0.2, 0) is 20.6 Å².